The molecule has 4 aromatic heterocycles. The lowest BCUT2D eigenvalue weighted by Gasteiger charge is -2.40. The van der Waals surface area contributed by atoms with Gasteiger partial charge in [0.1, 0.15) is 17.7 Å². The number of amides is 1. The van der Waals surface area contributed by atoms with Gasteiger partial charge in [0.2, 0.25) is 0 Å². The van der Waals surface area contributed by atoms with Crippen LogP contribution in [-0.4, -0.2) is 52.0 Å². The summed E-state index contributed by atoms with van der Waals surface area (Å²) in [7, 11) is 1.94. The molecular formula is C22H21F2N7O. The summed E-state index contributed by atoms with van der Waals surface area (Å²) in [6.07, 6.45) is 5.61. The first-order chi connectivity index (χ1) is 15.5. The maximum Gasteiger partial charge on any atom is 0.280 e. The molecule has 0 spiro atoms. The van der Waals surface area contributed by atoms with E-state index in [0.717, 1.165) is 36.6 Å². The van der Waals surface area contributed by atoms with Crippen molar-refractivity contribution in [2.75, 3.05) is 0 Å². The molecule has 32 heavy (non-hydrogen) atoms. The van der Waals surface area contributed by atoms with Gasteiger partial charge in [-0.2, -0.15) is 10.1 Å². The third-order valence-corrected chi connectivity index (χ3v) is 6.95. The van der Waals surface area contributed by atoms with Crippen LogP contribution >= 0.6 is 0 Å². The Bertz CT molecular complexity index is 1350. The van der Waals surface area contributed by atoms with Gasteiger partial charge in [-0.15, -0.1) is 0 Å². The Kier molecular flexibility index (Phi) is 4.24. The van der Waals surface area contributed by atoms with E-state index in [2.05, 4.69) is 20.1 Å². The number of aryl methyl sites for hydroxylation is 1. The number of hydrogen-bond acceptors (Lipinski definition) is 5. The van der Waals surface area contributed by atoms with E-state index in [1.54, 1.807) is 6.20 Å². The molecule has 3 atom stereocenters. The SMILES string of the molecule is Cn1ccc2cc(C(=O)N3[C@H]4CC[C@H](c5cc(C(F)F)nc6ncnn56)[C@@H]3CC4)ncc21. The normalized spacial score (nSPS) is 23.0. The van der Waals surface area contributed by atoms with Crippen LogP contribution in [0.3, 0.4) is 0 Å². The van der Waals surface area contributed by atoms with Gasteiger partial charge in [0.15, 0.2) is 0 Å². The lowest BCUT2D eigenvalue weighted by Crippen LogP contribution is -2.48. The van der Waals surface area contributed by atoms with Crippen molar-refractivity contribution in [1.82, 2.24) is 34.0 Å². The molecule has 0 radical (unpaired) electrons. The Morgan fingerprint density at radius 3 is 2.84 bits per heavy atom. The first-order valence-corrected chi connectivity index (χ1v) is 10.7. The van der Waals surface area contributed by atoms with Crippen LogP contribution in [0.1, 0.15) is 59.9 Å². The molecule has 0 N–H and O–H groups in total. The zero-order valence-corrected chi connectivity index (χ0v) is 17.4. The van der Waals surface area contributed by atoms with E-state index in [4.69, 9.17) is 0 Å². The van der Waals surface area contributed by atoms with Crippen molar-refractivity contribution in [3.05, 3.63) is 54.0 Å². The Balaban J connectivity index is 1.39. The van der Waals surface area contributed by atoms with E-state index in [9.17, 15) is 13.6 Å². The molecular weight excluding hydrogens is 416 g/mol. The zero-order chi connectivity index (χ0) is 22.0. The smallest absolute Gasteiger partial charge is 0.280 e. The number of alkyl halides is 2. The maximum absolute atomic E-state index is 13.6. The summed E-state index contributed by atoms with van der Waals surface area (Å²) in [6.45, 7) is 0. The average Bonchev–Trinajstić information content (AvgIpc) is 3.49. The lowest BCUT2D eigenvalue weighted by molar-refractivity contribution is 0.0548. The molecule has 164 valence electrons. The quantitative estimate of drug-likeness (QED) is 0.490. The largest absolute Gasteiger partial charge is 0.349 e. The molecule has 6 rings (SSSR count). The van der Waals surface area contributed by atoms with Gasteiger partial charge < -0.3 is 9.47 Å². The second kappa shape index (κ2) is 7.04. The molecule has 4 aromatic rings. The summed E-state index contributed by atoms with van der Waals surface area (Å²) in [5.41, 5.74) is 1.70. The fourth-order valence-corrected chi connectivity index (χ4v) is 5.46. The number of fused-ring (bicyclic) bond motifs is 4. The van der Waals surface area contributed by atoms with Gasteiger partial charge in [-0.3, -0.25) is 4.79 Å². The molecule has 0 unspecified atom stereocenters. The minimum Gasteiger partial charge on any atom is -0.349 e. The highest BCUT2D eigenvalue weighted by Crippen LogP contribution is 2.45. The van der Waals surface area contributed by atoms with Crippen molar-refractivity contribution in [1.29, 1.82) is 0 Å². The number of piperidine rings is 1. The predicted octanol–water partition coefficient (Wildman–Crippen LogP) is 3.50. The highest BCUT2D eigenvalue weighted by atomic mass is 19.3. The summed E-state index contributed by atoms with van der Waals surface area (Å²) in [5, 5.41) is 5.19. The van der Waals surface area contributed by atoms with Gasteiger partial charge in [-0.05, 0) is 43.9 Å². The first-order valence-electron chi connectivity index (χ1n) is 10.7. The number of pyridine rings is 1. The van der Waals surface area contributed by atoms with Gasteiger partial charge in [0.05, 0.1) is 17.4 Å². The van der Waals surface area contributed by atoms with E-state index in [0.29, 0.717) is 11.4 Å². The number of carbonyl (C=O) groups excluding carboxylic acids is 1. The average molecular weight is 437 g/mol. The van der Waals surface area contributed by atoms with Gasteiger partial charge in [-0.1, -0.05) is 0 Å². The molecule has 2 aliphatic rings. The highest BCUT2D eigenvalue weighted by molar-refractivity contribution is 5.96. The van der Waals surface area contributed by atoms with Crippen LogP contribution in [0, 0.1) is 0 Å². The van der Waals surface area contributed by atoms with Gasteiger partial charge in [0.25, 0.3) is 18.1 Å². The minimum atomic E-state index is -2.70. The summed E-state index contributed by atoms with van der Waals surface area (Å²) >= 11 is 0. The van der Waals surface area contributed by atoms with Crippen molar-refractivity contribution in [3.8, 4) is 0 Å². The standard InChI is InChI=1S/C22H21F2N7O/c1-29-7-6-12-8-16(25-10-19(12)29)21(32)30-13-2-4-14(17(30)5-3-13)18-9-15(20(23)24)28-22-26-11-27-31(18)22/h6-11,13-14,17,20H,2-5H2,1H3/t13-,14-,17-/m0/s1. The summed E-state index contributed by atoms with van der Waals surface area (Å²) in [5.74, 6) is -0.0687. The Morgan fingerprint density at radius 2 is 2.00 bits per heavy atom. The van der Waals surface area contributed by atoms with E-state index in [1.165, 1.54) is 16.9 Å². The van der Waals surface area contributed by atoms with E-state index < -0.39 is 6.43 Å². The maximum atomic E-state index is 13.6. The number of rotatable bonds is 3. The van der Waals surface area contributed by atoms with E-state index in [1.807, 2.05) is 34.8 Å². The molecule has 0 saturated carbocycles. The Morgan fingerprint density at radius 1 is 1.16 bits per heavy atom. The van der Waals surface area contributed by atoms with Crippen LogP contribution in [0.15, 0.2) is 36.9 Å². The van der Waals surface area contributed by atoms with Crippen molar-refractivity contribution in [3.63, 3.8) is 0 Å². The monoisotopic (exact) mass is 437 g/mol. The molecule has 1 amide bonds. The summed E-state index contributed by atoms with van der Waals surface area (Å²) in [4.78, 5) is 27.9. The summed E-state index contributed by atoms with van der Waals surface area (Å²) in [6, 6.07) is 5.25. The van der Waals surface area contributed by atoms with Crippen LogP contribution in [0.5, 0.6) is 0 Å². The molecule has 0 aliphatic carbocycles. The van der Waals surface area contributed by atoms with Crippen LogP contribution in [-0.2, 0) is 7.05 Å². The fraction of sp³-hybridized carbons (Fsp3) is 0.409. The third-order valence-electron chi connectivity index (χ3n) is 6.95. The number of carbonyl (C=O) groups is 1. The van der Waals surface area contributed by atoms with Gasteiger partial charge in [0, 0.05) is 36.6 Å². The molecule has 2 aliphatic heterocycles. The molecule has 2 fully saturated rings. The minimum absolute atomic E-state index is 0.102. The molecule has 2 saturated heterocycles. The first kappa shape index (κ1) is 19.3. The topological polar surface area (TPSA) is 81.2 Å². The van der Waals surface area contributed by atoms with Gasteiger partial charge >= 0.3 is 0 Å². The van der Waals surface area contributed by atoms with Crippen molar-refractivity contribution in [2.24, 2.45) is 7.05 Å². The number of nitrogens with zero attached hydrogens (tertiary/aromatic N) is 7. The molecule has 0 aromatic carbocycles. The van der Waals surface area contributed by atoms with E-state index in [-0.39, 0.29) is 35.4 Å². The fourth-order valence-electron chi connectivity index (χ4n) is 5.46. The van der Waals surface area contributed by atoms with Gasteiger partial charge in [-0.25, -0.2) is 23.3 Å². The molecule has 6 heterocycles. The van der Waals surface area contributed by atoms with Crippen LogP contribution in [0.25, 0.3) is 16.7 Å². The third kappa shape index (κ3) is 2.81. The van der Waals surface area contributed by atoms with E-state index >= 15 is 0 Å². The lowest BCUT2D eigenvalue weighted by atomic mass is 9.86. The second-order valence-corrected chi connectivity index (χ2v) is 8.63. The second-order valence-electron chi connectivity index (χ2n) is 8.63. The Hall–Kier alpha value is -3.43. The molecule has 10 heteroatoms. The van der Waals surface area contributed by atoms with Crippen molar-refractivity contribution >= 4 is 22.6 Å². The van der Waals surface area contributed by atoms with Crippen molar-refractivity contribution in [2.45, 2.75) is 50.1 Å². The van der Waals surface area contributed by atoms with Crippen molar-refractivity contribution < 1.29 is 13.6 Å². The predicted molar refractivity (Wildman–Crippen MR) is 111 cm³/mol. The molecule has 2 bridgehead atoms. The number of hydrogen-bond donors (Lipinski definition) is 0. The van der Waals surface area contributed by atoms with Crippen LogP contribution in [0.2, 0.25) is 0 Å². The van der Waals surface area contributed by atoms with Crippen LogP contribution < -0.4 is 0 Å². The zero-order valence-electron chi connectivity index (χ0n) is 17.4. The Labute approximate surface area is 181 Å². The number of halogens is 2. The van der Waals surface area contributed by atoms with Crippen LogP contribution in [0.4, 0.5) is 8.78 Å². The highest BCUT2D eigenvalue weighted by Gasteiger charge is 2.46. The molecule has 8 nitrogen and oxygen atoms in total. The summed E-state index contributed by atoms with van der Waals surface area (Å²) < 4.78 is 30.5. The number of aromatic nitrogens is 6.